The number of nitrogens with zero attached hydrogens (tertiary/aromatic N) is 1. The molecule has 1 nitrogen and oxygen atoms in total. The van der Waals surface area contributed by atoms with E-state index in [0.717, 1.165) is 17.2 Å². The van der Waals surface area contributed by atoms with Crippen LogP contribution in [-0.2, 0) is 0 Å². The largest absolute Gasteiger partial charge is 0.306 e. The molecule has 2 heteroatoms. The number of hydrogen-bond acceptors (Lipinski definition) is 2. The highest BCUT2D eigenvalue weighted by Crippen LogP contribution is 2.37. The second-order valence-electron chi connectivity index (χ2n) is 4.29. The highest BCUT2D eigenvalue weighted by molar-refractivity contribution is 7.99. The zero-order valence-electron chi connectivity index (χ0n) is 9.42. The summed E-state index contributed by atoms with van der Waals surface area (Å²) in [6, 6.07) is 0.756. The van der Waals surface area contributed by atoms with E-state index in [1.165, 1.54) is 25.0 Å². The van der Waals surface area contributed by atoms with E-state index in [-0.39, 0.29) is 0 Å². The Morgan fingerprint density at radius 3 is 2.62 bits per heavy atom. The van der Waals surface area contributed by atoms with E-state index in [1.807, 2.05) is 0 Å². The molecular weight excluding hydrogens is 178 g/mol. The minimum Gasteiger partial charge on any atom is -0.306 e. The maximum Gasteiger partial charge on any atom is 0.00996 e. The third-order valence-corrected chi connectivity index (χ3v) is 4.67. The summed E-state index contributed by atoms with van der Waals surface area (Å²) in [7, 11) is 4.41. The van der Waals surface area contributed by atoms with Crippen molar-refractivity contribution in [2.75, 3.05) is 19.8 Å². The molecule has 0 aliphatic heterocycles. The van der Waals surface area contributed by atoms with Gasteiger partial charge in [-0.2, -0.15) is 11.8 Å². The van der Waals surface area contributed by atoms with Crippen LogP contribution in [0.3, 0.4) is 0 Å². The Hall–Kier alpha value is 0.310. The lowest BCUT2D eigenvalue weighted by molar-refractivity contribution is 0.233. The van der Waals surface area contributed by atoms with Gasteiger partial charge in [0.15, 0.2) is 0 Å². The SMILES string of the molecule is CCSC1CCCC1[C@H](C)N(C)C. The predicted octanol–water partition coefficient (Wildman–Crippen LogP) is 2.86. The monoisotopic (exact) mass is 201 g/mol. The zero-order chi connectivity index (χ0) is 9.84. The summed E-state index contributed by atoms with van der Waals surface area (Å²) in [5, 5.41) is 0.933. The van der Waals surface area contributed by atoms with Crippen molar-refractivity contribution in [2.24, 2.45) is 5.92 Å². The fourth-order valence-electron chi connectivity index (χ4n) is 2.31. The molecule has 0 aromatic carbocycles. The van der Waals surface area contributed by atoms with Crippen LogP contribution in [0, 0.1) is 5.92 Å². The lowest BCUT2D eigenvalue weighted by atomic mass is 9.99. The summed E-state index contributed by atoms with van der Waals surface area (Å²) in [5.74, 6) is 2.21. The molecule has 0 aromatic heterocycles. The van der Waals surface area contributed by atoms with Gasteiger partial charge >= 0.3 is 0 Å². The molecule has 3 atom stereocenters. The molecule has 0 N–H and O–H groups in total. The molecule has 0 radical (unpaired) electrons. The topological polar surface area (TPSA) is 3.24 Å². The molecule has 0 heterocycles. The van der Waals surface area contributed by atoms with Crippen LogP contribution in [-0.4, -0.2) is 36.0 Å². The third kappa shape index (κ3) is 2.88. The molecule has 0 saturated heterocycles. The summed E-state index contributed by atoms with van der Waals surface area (Å²) in [5.41, 5.74) is 0. The van der Waals surface area contributed by atoms with Crippen molar-refractivity contribution in [2.45, 2.75) is 44.4 Å². The number of rotatable bonds is 4. The molecule has 13 heavy (non-hydrogen) atoms. The van der Waals surface area contributed by atoms with Gasteiger partial charge in [0.25, 0.3) is 0 Å². The molecule has 2 unspecified atom stereocenters. The van der Waals surface area contributed by atoms with Crippen LogP contribution in [0.5, 0.6) is 0 Å². The van der Waals surface area contributed by atoms with Crippen LogP contribution < -0.4 is 0 Å². The van der Waals surface area contributed by atoms with E-state index in [9.17, 15) is 0 Å². The first-order valence-corrected chi connectivity index (χ1v) is 6.49. The first-order valence-electron chi connectivity index (χ1n) is 5.44. The van der Waals surface area contributed by atoms with Gasteiger partial charge in [-0.3, -0.25) is 0 Å². The van der Waals surface area contributed by atoms with E-state index in [2.05, 4.69) is 44.6 Å². The van der Waals surface area contributed by atoms with Crippen LogP contribution in [0.15, 0.2) is 0 Å². The van der Waals surface area contributed by atoms with Gasteiger partial charge in [0, 0.05) is 11.3 Å². The highest BCUT2D eigenvalue weighted by atomic mass is 32.2. The molecular formula is C11H23NS. The normalized spacial score (nSPS) is 31.2. The molecule has 78 valence electrons. The van der Waals surface area contributed by atoms with E-state index in [1.54, 1.807) is 0 Å². The molecule has 1 fully saturated rings. The standard InChI is InChI=1S/C11H23NS/c1-5-13-11-8-6-7-10(11)9(2)12(3)4/h9-11H,5-8H2,1-4H3/t9-,10?,11?/m0/s1. The third-order valence-electron chi connectivity index (χ3n) is 3.32. The van der Waals surface area contributed by atoms with E-state index >= 15 is 0 Å². The summed E-state index contributed by atoms with van der Waals surface area (Å²) in [4.78, 5) is 2.37. The molecule has 0 amide bonds. The summed E-state index contributed by atoms with van der Waals surface area (Å²) in [6.07, 6.45) is 4.33. The van der Waals surface area contributed by atoms with Crippen LogP contribution in [0.1, 0.15) is 33.1 Å². The summed E-state index contributed by atoms with van der Waals surface area (Å²) >= 11 is 2.17. The second-order valence-corrected chi connectivity index (χ2v) is 5.81. The van der Waals surface area contributed by atoms with Crippen molar-refractivity contribution in [1.82, 2.24) is 4.90 Å². The predicted molar refractivity (Wildman–Crippen MR) is 62.4 cm³/mol. The van der Waals surface area contributed by atoms with Gasteiger partial charge in [-0.1, -0.05) is 13.3 Å². The minimum absolute atomic E-state index is 0.756. The molecule has 0 bridgehead atoms. The van der Waals surface area contributed by atoms with Gasteiger partial charge in [0.1, 0.15) is 0 Å². The van der Waals surface area contributed by atoms with E-state index in [0.29, 0.717) is 0 Å². The van der Waals surface area contributed by atoms with Crippen LogP contribution >= 0.6 is 11.8 Å². The first-order chi connectivity index (χ1) is 6.16. The van der Waals surface area contributed by atoms with Gasteiger partial charge < -0.3 is 4.90 Å². The van der Waals surface area contributed by atoms with Crippen molar-refractivity contribution in [3.05, 3.63) is 0 Å². The van der Waals surface area contributed by atoms with Gasteiger partial charge in [-0.05, 0) is 45.5 Å². The quantitative estimate of drug-likeness (QED) is 0.688. The number of hydrogen-bond donors (Lipinski definition) is 0. The van der Waals surface area contributed by atoms with Crippen molar-refractivity contribution < 1.29 is 0 Å². The van der Waals surface area contributed by atoms with Crippen LogP contribution in [0.25, 0.3) is 0 Å². The van der Waals surface area contributed by atoms with Crippen molar-refractivity contribution >= 4 is 11.8 Å². The minimum atomic E-state index is 0.756. The van der Waals surface area contributed by atoms with Gasteiger partial charge in [0.2, 0.25) is 0 Å². The Labute approximate surface area is 87.3 Å². The number of thioether (sulfide) groups is 1. The molecule has 1 aliphatic carbocycles. The van der Waals surface area contributed by atoms with Crippen molar-refractivity contribution in [3.8, 4) is 0 Å². The summed E-state index contributed by atoms with van der Waals surface area (Å²) < 4.78 is 0. The lowest BCUT2D eigenvalue weighted by Gasteiger charge is -2.30. The van der Waals surface area contributed by atoms with Crippen LogP contribution in [0.2, 0.25) is 0 Å². The Morgan fingerprint density at radius 1 is 1.38 bits per heavy atom. The Balaban J connectivity index is 2.47. The zero-order valence-corrected chi connectivity index (χ0v) is 10.2. The fraction of sp³-hybridized carbons (Fsp3) is 1.00. The van der Waals surface area contributed by atoms with Gasteiger partial charge in [-0.25, -0.2) is 0 Å². The Bertz CT molecular complexity index is 147. The molecule has 1 rings (SSSR count). The van der Waals surface area contributed by atoms with Crippen LogP contribution in [0.4, 0.5) is 0 Å². The second kappa shape index (κ2) is 5.26. The Morgan fingerprint density at radius 2 is 2.08 bits per heavy atom. The van der Waals surface area contributed by atoms with E-state index in [4.69, 9.17) is 0 Å². The van der Waals surface area contributed by atoms with Gasteiger partial charge in [0.05, 0.1) is 0 Å². The maximum atomic E-state index is 2.37. The lowest BCUT2D eigenvalue weighted by Crippen LogP contribution is -2.35. The molecule has 0 aromatic rings. The van der Waals surface area contributed by atoms with Gasteiger partial charge in [-0.15, -0.1) is 0 Å². The average molecular weight is 201 g/mol. The molecule has 0 spiro atoms. The fourth-order valence-corrected chi connectivity index (χ4v) is 3.68. The molecule has 1 aliphatic rings. The van der Waals surface area contributed by atoms with Crippen molar-refractivity contribution in [1.29, 1.82) is 0 Å². The maximum absolute atomic E-state index is 2.37. The van der Waals surface area contributed by atoms with Crippen molar-refractivity contribution in [3.63, 3.8) is 0 Å². The molecule has 1 saturated carbocycles. The highest BCUT2D eigenvalue weighted by Gasteiger charge is 2.32. The Kier molecular flexibility index (Phi) is 4.60. The first kappa shape index (κ1) is 11.4. The average Bonchev–Trinajstić information content (AvgIpc) is 2.52. The van der Waals surface area contributed by atoms with E-state index < -0.39 is 0 Å². The smallest absolute Gasteiger partial charge is 0.00996 e. The summed E-state index contributed by atoms with van der Waals surface area (Å²) in [6.45, 7) is 4.65.